The highest BCUT2D eigenvalue weighted by Gasteiger charge is 2.17. The van der Waals surface area contributed by atoms with Gasteiger partial charge in [0.2, 0.25) is 0 Å². The molecule has 0 amide bonds. The monoisotopic (exact) mass is 178 g/mol. The predicted octanol–water partition coefficient (Wildman–Crippen LogP) is 0.613. The molecule has 11 heavy (non-hydrogen) atoms. The summed E-state index contributed by atoms with van der Waals surface area (Å²) < 4.78 is 25.1. The summed E-state index contributed by atoms with van der Waals surface area (Å²) in [4.78, 5) is 0. The Morgan fingerprint density at radius 1 is 1.55 bits per heavy atom. The first-order valence-corrected chi connectivity index (χ1v) is 5.07. The molecule has 6 heteroatoms. The van der Waals surface area contributed by atoms with Crippen molar-refractivity contribution >= 4 is 15.4 Å². The van der Waals surface area contributed by atoms with Crippen LogP contribution in [0.15, 0.2) is 0 Å². The molecular formula is C5H12BO4P. The molecule has 0 aromatic rings. The van der Waals surface area contributed by atoms with E-state index in [2.05, 4.69) is 9.26 Å². The molecule has 0 spiro atoms. The van der Waals surface area contributed by atoms with Crippen LogP contribution in [0, 0.1) is 0 Å². The number of hydrogen-bond acceptors (Lipinski definition) is 4. The topological polar surface area (TPSA) is 44.8 Å². The fourth-order valence-corrected chi connectivity index (χ4v) is 1.12. The van der Waals surface area contributed by atoms with E-state index in [0.717, 1.165) is 0 Å². The SMILES string of the molecule is [B]C(COC)OP(C)(=O)OC. The van der Waals surface area contributed by atoms with Gasteiger partial charge < -0.3 is 13.8 Å². The zero-order chi connectivity index (χ0) is 8.91. The maximum Gasteiger partial charge on any atom is 0.326 e. The predicted molar refractivity (Wildman–Crippen MR) is 43.0 cm³/mol. The van der Waals surface area contributed by atoms with Gasteiger partial charge in [0, 0.05) is 26.9 Å². The number of ether oxygens (including phenoxy) is 1. The zero-order valence-electron chi connectivity index (χ0n) is 6.94. The van der Waals surface area contributed by atoms with Crippen molar-refractivity contribution in [3.63, 3.8) is 0 Å². The number of hydrogen-bond donors (Lipinski definition) is 0. The van der Waals surface area contributed by atoms with Gasteiger partial charge in [-0.15, -0.1) is 0 Å². The van der Waals surface area contributed by atoms with E-state index in [1.807, 2.05) is 0 Å². The largest absolute Gasteiger partial charge is 0.383 e. The van der Waals surface area contributed by atoms with Crippen molar-refractivity contribution in [3.05, 3.63) is 0 Å². The second-order valence-electron chi connectivity index (χ2n) is 2.05. The van der Waals surface area contributed by atoms with E-state index in [9.17, 15) is 4.57 Å². The number of methoxy groups -OCH3 is 1. The van der Waals surface area contributed by atoms with E-state index in [-0.39, 0.29) is 6.61 Å². The first kappa shape index (κ1) is 11.2. The van der Waals surface area contributed by atoms with Crippen LogP contribution in [0.25, 0.3) is 0 Å². The average Bonchev–Trinajstić information content (AvgIpc) is 1.87. The summed E-state index contributed by atoms with van der Waals surface area (Å²) in [6, 6.07) is -0.698. The minimum Gasteiger partial charge on any atom is -0.383 e. The Morgan fingerprint density at radius 2 is 2.09 bits per heavy atom. The molecule has 0 aliphatic rings. The minimum atomic E-state index is -2.96. The molecule has 0 aliphatic heterocycles. The smallest absolute Gasteiger partial charge is 0.326 e. The Hall–Kier alpha value is 0.175. The Kier molecular flexibility index (Phi) is 5.01. The van der Waals surface area contributed by atoms with Crippen molar-refractivity contribution in [3.8, 4) is 0 Å². The van der Waals surface area contributed by atoms with Crippen LogP contribution in [0.1, 0.15) is 0 Å². The van der Waals surface area contributed by atoms with E-state index < -0.39 is 13.6 Å². The van der Waals surface area contributed by atoms with Gasteiger partial charge >= 0.3 is 7.60 Å². The molecule has 0 heterocycles. The summed E-state index contributed by atoms with van der Waals surface area (Å²) in [5.74, 6) is 0. The molecule has 0 bridgehead atoms. The lowest BCUT2D eigenvalue weighted by molar-refractivity contribution is 0.113. The molecule has 2 atom stereocenters. The van der Waals surface area contributed by atoms with Gasteiger partial charge in [0.25, 0.3) is 0 Å². The standard InChI is InChI=1S/C5H12BO4P/c1-8-4-5(6)10-11(3,7)9-2/h5H,4H2,1-3H3. The van der Waals surface area contributed by atoms with E-state index in [1.54, 1.807) is 0 Å². The van der Waals surface area contributed by atoms with Crippen molar-refractivity contribution in [2.45, 2.75) is 6.00 Å². The second kappa shape index (κ2) is 4.93. The number of rotatable bonds is 5. The molecule has 0 aromatic carbocycles. The van der Waals surface area contributed by atoms with E-state index >= 15 is 0 Å². The van der Waals surface area contributed by atoms with Crippen LogP contribution in [0.4, 0.5) is 0 Å². The van der Waals surface area contributed by atoms with E-state index in [1.165, 1.54) is 20.9 Å². The molecule has 2 unspecified atom stereocenters. The minimum absolute atomic E-state index is 0.196. The normalized spacial score (nSPS) is 19.2. The van der Waals surface area contributed by atoms with Gasteiger partial charge in [-0.05, 0) is 0 Å². The van der Waals surface area contributed by atoms with E-state index in [0.29, 0.717) is 0 Å². The Balaban J connectivity index is 3.74. The Labute approximate surface area is 68.2 Å². The van der Waals surface area contributed by atoms with E-state index in [4.69, 9.17) is 12.4 Å². The van der Waals surface area contributed by atoms with Gasteiger partial charge in [-0.3, -0.25) is 4.57 Å². The van der Waals surface area contributed by atoms with Gasteiger partial charge in [-0.1, -0.05) is 0 Å². The second-order valence-corrected chi connectivity index (χ2v) is 4.17. The molecule has 0 rings (SSSR count). The quantitative estimate of drug-likeness (QED) is 0.457. The van der Waals surface area contributed by atoms with Crippen LogP contribution >= 0.6 is 7.60 Å². The molecule has 64 valence electrons. The third-order valence-corrected chi connectivity index (χ3v) is 2.31. The summed E-state index contributed by atoms with van der Waals surface area (Å²) in [6.07, 6.45) is 0. The van der Waals surface area contributed by atoms with Gasteiger partial charge in [0.05, 0.1) is 6.61 Å². The molecule has 0 aromatic heterocycles. The molecule has 0 saturated heterocycles. The van der Waals surface area contributed by atoms with Crippen LogP contribution < -0.4 is 0 Å². The van der Waals surface area contributed by atoms with Crippen LogP contribution in [-0.2, 0) is 18.3 Å². The van der Waals surface area contributed by atoms with Crippen molar-refractivity contribution in [2.75, 3.05) is 27.5 Å². The molecule has 4 nitrogen and oxygen atoms in total. The van der Waals surface area contributed by atoms with Gasteiger partial charge in [0.1, 0.15) is 7.85 Å². The highest BCUT2D eigenvalue weighted by Crippen LogP contribution is 2.43. The molecule has 2 radical (unpaired) electrons. The molecule has 0 saturated carbocycles. The Bertz CT molecular complexity index is 151. The van der Waals surface area contributed by atoms with Gasteiger partial charge in [0.15, 0.2) is 0 Å². The molecule has 0 aliphatic carbocycles. The van der Waals surface area contributed by atoms with Crippen molar-refractivity contribution in [2.24, 2.45) is 0 Å². The summed E-state index contributed by atoms with van der Waals surface area (Å²) in [5, 5.41) is 0. The fourth-order valence-electron chi connectivity index (χ4n) is 0.484. The summed E-state index contributed by atoms with van der Waals surface area (Å²) in [7, 11) is 5.17. The van der Waals surface area contributed by atoms with Crippen molar-refractivity contribution in [1.82, 2.24) is 0 Å². The molecule has 0 fully saturated rings. The lowest BCUT2D eigenvalue weighted by Crippen LogP contribution is -2.17. The fraction of sp³-hybridized carbons (Fsp3) is 1.00. The molecular weight excluding hydrogens is 166 g/mol. The summed E-state index contributed by atoms with van der Waals surface area (Å²) >= 11 is 0. The first-order chi connectivity index (χ1) is 5.02. The maximum atomic E-state index is 11.1. The van der Waals surface area contributed by atoms with Crippen LogP contribution in [0.5, 0.6) is 0 Å². The summed E-state index contributed by atoms with van der Waals surface area (Å²) in [6.45, 7) is 1.55. The van der Waals surface area contributed by atoms with Crippen molar-refractivity contribution in [1.29, 1.82) is 0 Å². The van der Waals surface area contributed by atoms with Gasteiger partial charge in [-0.25, -0.2) is 0 Å². The first-order valence-electron chi connectivity index (χ1n) is 3.08. The van der Waals surface area contributed by atoms with Gasteiger partial charge in [-0.2, -0.15) is 0 Å². The average molecular weight is 178 g/mol. The molecule has 0 N–H and O–H groups in total. The maximum absolute atomic E-state index is 11.1. The third-order valence-electron chi connectivity index (χ3n) is 0.989. The lowest BCUT2D eigenvalue weighted by Gasteiger charge is -2.16. The summed E-state index contributed by atoms with van der Waals surface area (Å²) in [5.41, 5.74) is 0. The highest BCUT2D eigenvalue weighted by atomic mass is 31.2. The highest BCUT2D eigenvalue weighted by molar-refractivity contribution is 7.53. The Morgan fingerprint density at radius 3 is 2.45 bits per heavy atom. The lowest BCUT2D eigenvalue weighted by atomic mass is 10.0. The third kappa shape index (κ3) is 5.45. The van der Waals surface area contributed by atoms with Crippen LogP contribution in [0.2, 0.25) is 0 Å². The van der Waals surface area contributed by atoms with Crippen LogP contribution in [0.3, 0.4) is 0 Å². The van der Waals surface area contributed by atoms with Crippen LogP contribution in [-0.4, -0.2) is 41.3 Å². The van der Waals surface area contributed by atoms with Crippen molar-refractivity contribution < 1.29 is 18.3 Å². The zero-order valence-corrected chi connectivity index (χ0v) is 7.84.